The Kier molecular flexibility index (Phi) is 6.73. The first-order valence-electron chi connectivity index (χ1n) is 10.1. The summed E-state index contributed by atoms with van der Waals surface area (Å²) in [5.74, 6) is 0.0983. The molecule has 0 atom stereocenters. The Morgan fingerprint density at radius 2 is 1.66 bits per heavy atom. The summed E-state index contributed by atoms with van der Waals surface area (Å²) in [6.45, 7) is 1.17. The van der Waals surface area contributed by atoms with Gasteiger partial charge >= 0.3 is 0 Å². The molecule has 0 saturated carbocycles. The van der Waals surface area contributed by atoms with Crippen molar-refractivity contribution < 1.29 is 22.4 Å². The molecule has 3 heterocycles. The molecule has 1 saturated heterocycles. The van der Waals surface area contributed by atoms with Crippen LogP contribution in [0.2, 0.25) is 0 Å². The molecule has 1 aliphatic rings. The average molecular weight is 474 g/mol. The van der Waals surface area contributed by atoms with Crippen molar-refractivity contribution in [2.45, 2.75) is 11.4 Å². The first kappa shape index (κ1) is 22.3. The Morgan fingerprint density at radius 3 is 2.28 bits per heavy atom. The van der Waals surface area contributed by atoms with E-state index in [0.29, 0.717) is 36.8 Å². The van der Waals surface area contributed by atoms with Crippen molar-refractivity contribution in [1.29, 1.82) is 0 Å². The molecule has 168 valence electrons. The van der Waals surface area contributed by atoms with E-state index < -0.39 is 10.0 Å². The SMILES string of the molecule is O=C(CN(Cc1ccco1)S(=O)(=O)c1ccccc1)N1CCN(C(=O)c2cccs2)CC1. The van der Waals surface area contributed by atoms with E-state index in [-0.39, 0.29) is 29.8 Å². The first-order chi connectivity index (χ1) is 15.4. The number of carbonyl (C=O) groups excluding carboxylic acids is 2. The van der Waals surface area contributed by atoms with Crippen LogP contribution in [-0.2, 0) is 21.4 Å². The predicted octanol–water partition coefficient (Wildman–Crippen LogP) is 2.52. The van der Waals surface area contributed by atoms with Crippen LogP contribution < -0.4 is 0 Å². The van der Waals surface area contributed by atoms with Crippen molar-refractivity contribution in [1.82, 2.24) is 14.1 Å². The van der Waals surface area contributed by atoms with Crippen LogP contribution in [0.15, 0.2) is 75.6 Å². The summed E-state index contributed by atoms with van der Waals surface area (Å²) < 4.78 is 32.9. The third-order valence-electron chi connectivity index (χ3n) is 5.26. The standard InChI is InChI=1S/C22H23N3O5S2/c26-21(23-10-12-24(13-11-23)22(27)20-9-5-15-31-20)17-25(16-18-6-4-14-30-18)32(28,29)19-7-2-1-3-8-19/h1-9,14-15H,10-13,16-17H2. The van der Waals surface area contributed by atoms with E-state index in [0.717, 1.165) is 4.31 Å². The molecule has 2 amide bonds. The molecule has 0 spiro atoms. The van der Waals surface area contributed by atoms with Crippen LogP contribution >= 0.6 is 11.3 Å². The molecule has 0 N–H and O–H groups in total. The third-order valence-corrected chi connectivity index (χ3v) is 7.92. The minimum absolute atomic E-state index is 0.0433. The molecule has 3 aromatic rings. The second-order valence-electron chi connectivity index (χ2n) is 7.32. The molecular formula is C22H23N3O5S2. The highest BCUT2D eigenvalue weighted by molar-refractivity contribution is 7.89. The lowest BCUT2D eigenvalue weighted by Crippen LogP contribution is -2.52. The zero-order valence-electron chi connectivity index (χ0n) is 17.3. The molecule has 0 bridgehead atoms. The van der Waals surface area contributed by atoms with Crippen LogP contribution in [0.1, 0.15) is 15.4 Å². The first-order valence-corrected chi connectivity index (χ1v) is 12.5. The van der Waals surface area contributed by atoms with Crippen LogP contribution in [0, 0.1) is 0 Å². The fourth-order valence-electron chi connectivity index (χ4n) is 3.51. The zero-order chi connectivity index (χ0) is 22.6. The molecule has 2 aromatic heterocycles. The monoisotopic (exact) mass is 473 g/mol. The van der Waals surface area contributed by atoms with E-state index in [9.17, 15) is 18.0 Å². The summed E-state index contributed by atoms with van der Waals surface area (Å²) in [5, 5.41) is 1.85. The van der Waals surface area contributed by atoms with Gasteiger partial charge < -0.3 is 14.2 Å². The molecule has 1 aliphatic heterocycles. The van der Waals surface area contributed by atoms with Crippen molar-refractivity contribution in [3.63, 3.8) is 0 Å². The number of furan rings is 1. The Labute approximate surface area is 190 Å². The van der Waals surface area contributed by atoms with Gasteiger partial charge in [0.25, 0.3) is 5.91 Å². The van der Waals surface area contributed by atoms with E-state index in [1.54, 1.807) is 46.2 Å². The van der Waals surface area contributed by atoms with Gasteiger partial charge in [0, 0.05) is 26.2 Å². The topological polar surface area (TPSA) is 91.1 Å². The lowest BCUT2D eigenvalue weighted by atomic mass is 10.3. The summed E-state index contributed by atoms with van der Waals surface area (Å²) in [4.78, 5) is 29.6. The molecule has 1 aromatic carbocycles. The van der Waals surface area contributed by atoms with Gasteiger partial charge in [0.05, 0.1) is 29.1 Å². The molecule has 32 heavy (non-hydrogen) atoms. The maximum atomic E-state index is 13.2. The van der Waals surface area contributed by atoms with E-state index in [1.807, 2.05) is 11.4 Å². The van der Waals surface area contributed by atoms with Gasteiger partial charge in [0.2, 0.25) is 15.9 Å². The van der Waals surface area contributed by atoms with Crippen molar-refractivity contribution in [3.05, 3.63) is 76.9 Å². The summed E-state index contributed by atoms with van der Waals surface area (Å²) in [5.41, 5.74) is 0. The minimum Gasteiger partial charge on any atom is -0.468 e. The van der Waals surface area contributed by atoms with Crippen molar-refractivity contribution >= 4 is 33.2 Å². The van der Waals surface area contributed by atoms with Crippen LogP contribution in [0.5, 0.6) is 0 Å². The maximum absolute atomic E-state index is 13.2. The Bertz CT molecular complexity index is 1140. The number of benzene rings is 1. The molecule has 4 rings (SSSR count). The normalized spacial score (nSPS) is 14.7. The lowest BCUT2D eigenvalue weighted by Gasteiger charge is -2.35. The number of hydrogen-bond donors (Lipinski definition) is 0. The van der Waals surface area contributed by atoms with Gasteiger partial charge in [-0.05, 0) is 35.7 Å². The van der Waals surface area contributed by atoms with E-state index in [2.05, 4.69) is 0 Å². The van der Waals surface area contributed by atoms with E-state index in [1.165, 1.54) is 29.7 Å². The number of amides is 2. The average Bonchev–Trinajstić information content (AvgIpc) is 3.53. The van der Waals surface area contributed by atoms with E-state index >= 15 is 0 Å². The molecule has 0 radical (unpaired) electrons. The summed E-state index contributed by atoms with van der Waals surface area (Å²) in [6.07, 6.45) is 1.47. The number of carbonyl (C=O) groups is 2. The highest BCUT2D eigenvalue weighted by atomic mass is 32.2. The maximum Gasteiger partial charge on any atom is 0.264 e. The molecule has 0 aliphatic carbocycles. The highest BCUT2D eigenvalue weighted by Crippen LogP contribution is 2.19. The zero-order valence-corrected chi connectivity index (χ0v) is 18.9. The van der Waals surface area contributed by atoms with Crippen LogP contribution in [0.25, 0.3) is 0 Å². The largest absolute Gasteiger partial charge is 0.468 e. The lowest BCUT2D eigenvalue weighted by molar-refractivity contribution is -0.133. The summed E-state index contributed by atoms with van der Waals surface area (Å²) >= 11 is 1.39. The second kappa shape index (κ2) is 9.68. The van der Waals surface area contributed by atoms with Gasteiger partial charge in [-0.1, -0.05) is 24.3 Å². The van der Waals surface area contributed by atoms with Gasteiger partial charge in [0.1, 0.15) is 5.76 Å². The van der Waals surface area contributed by atoms with Gasteiger partial charge in [-0.3, -0.25) is 9.59 Å². The smallest absolute Gasteiger partial charge is 0.264 e. The molecular weight excluding hydrogens is 450 g/mol. The fourth-order valence-corrected chi connectivity index (χ4v) is 5.58. The molecule has 10 heteroatoms. The quantitative estimate of drug-likeness (QED) is 0.526. The number of thiophene rings is 1. The Hall–Kier alpha value is -2.95. The van der Waals surface area contributed by atoms with E-state index in [4.69, 9.17) is 4.42 Å². The Morgan fingerprint density at radius 1 is 0.938 bits per heavy atom. The van der Waals surface area contributed by atoms with Crippen LogP contribution in [0.3, 0.4) is 0 Å². The number of piperazine rings is 1. The van der Waals surface area contributed by atoms with Gasteiger partial charge in [-0.2, -0.15) is 4.31 Å². The number of nitrogens with zero attached hydrogens (tertiary/aromatic N) is 3. The molecule has 8 nitrogen and oxygen atoms in total. The predicted molar refractivity (Wildman–Crippen MR) is 120 cm³/mol. The van der Waals surface area contributed by atoms with Gasteiger partial charge in [-0.25, -0.2) is 8.42 Å². The molecule has 1 fully saturated rings. The fraction of sp³-hybridized carbons (Fsp3) is 0.273. The highest BCUT2D eigenvalue weighted by Gasteiger charge is 2.31. The number of rotatable bonds is 7. The second-order valence-corrected chi connectivity index (χ2v) is 10.2. The minimum atomic E-state index is -3.90. The van der Waals surface area contributed by atoms with Crippen LogP contribution in [0.4, 0.5) is 0 Å². The Balaban J connectivity index is 1.44. The van der Waals surface area contributed by atoms with Gasteiger partial charge in [0.15, 0.2) is 0 Å². The summed E-state index contributed by atoms with van der Waals surface area (Å²) in [6, 6.07) is 15.0. The number of hydrogen-bond acceptors (Lipinski definition) is 6. The van der Waals surface area contributed by atoms with Crippen molar-refractivity contribution in [2.75, 3.05) is 32.7 Å². The van der Waals surface area contributed by atoms with Crippen LogP contribution in [-0.4, -0.2) is 67.1 Å². The summed E-state index contributed by atoms with van der Waals surface area (Å²) in [7, 11) is -3.90. The van der Waals surface area contributed by atoms with Gasteiger partial charge in [-0.15, -0.1) is 11.3 Å². The van der Waals surface area contributed by atoms with Crippen molar-refractivity contribution in [3.8, 4) is 0 Å². The molecule has 0 unspecified atom stereocenters. The number of sulfonamides is 1. The van der Waals surface area contributed by atoms with Crippen molar-refractivity contribution in [2.24, 2.45) is 0 Å². The third kappa shape index (κ3) is 4.93.